The molecule has 5 heteroatoms. The van der Waals surface area contributed by atoms with Gasteiger partial charge in [-0.3, -0.25) is 0 Å². The van der Waals surface area contributed by atoms with Gasteiger partial charge in [0, 0.05) is 5.02 Å². The summed E-state index contributed by atoms with van der Waals surface area (Å²) in [5, 5.41) is 0.498. The molecule has 0 radical (unpaired) electrons. The first kappa shape index (κ1) is 17.7. The van der Waals surface area contributed by atoms with E-state index in [1.807, 2.05) is 61.5 Å². The van der Waals surface area contributed by atoms with Gasteiger partial charge in [0.25, 0.3) is 0 Å². The van der Waals surface area contributed by atoms with Crippen LogP contribution in [0.25, 0.3) is 0 Å². The summed E-state index contributed by atoms with van der Waals surface area (Å²) in [4.78, 5) is 0.186. The molecule has 0 aromatic heterocycles. The predicted octanol–water partition coefficient (Wildman–Crippen LogP) is 4.72. The molecule has 3 aromatic carbocycles. The minimum atomic E-state index is -3.70. The Labute approximate surface area is 153 Å². The molecule has 3 rings (SSSR count). The standard InChI is InChI=1S/C20H18ClNO2S/c1-15-7-5-6-10-19(15)20(16-8-3-2-4-9-16)22-25(23,24)18-13-11-17(21)12-14-18/h2-14,20,22H,1H3/t20-/m0/s1. The SMILES string of the molecule is Cc1ccccc1[C@@H](NS(=O)(=O)c1ccc(Cl)cc1)c1ccccc1. The van der Waals surface area contributed by atoms with Crippen LogP contribution in [0.2, 0.25) is 5.02 Å². The average molecular weight is 372 g/mol. The first-order valence-corrected chi connectivity index (χ1v) is 9.72. The summed E-state index contributed by atoms with van der Waals surface area (Å²) < 4.78 is 28.5. The summed E-state index contributed by atoms with van der Waals surface area (Å²) in [5.41, 5.74) is 2.83. The number of rotatable bonds is 5. The predicted molar refractivity (Wildman–Crippen MR) is 101 cm³/mol. The van der Waals surface area contributed by atoms with E-state index in [-0.39, 0.29) is 4.90 Å². The number of halogens is 1. The van der Waals surface area contributed by atoms with Crippen molar-refractivity contribution in [3.63, 3.8) is 0 Å². The Bertz CT molecular complexity index is 955. The molecule has 0 aliphatic carbocycles. The normalized spacial score (nSPS) is 12.7. The van der Waals surface area contributed by atoms with Gasteiger partial charge in [-0.25, -0.2) is 8.42 Å². The van der Waals surface area contributed by atoms with E-state index in [9.17, 15) is 8.42 Å². The highest BCUT2D eigenvalue weighted by atomic mass is 35.5. The molecule has 0 heterocycles. The van der Waals surface area contributed by atoms with Gasteiger partial charge in [0.2, 0.25) is 10.0 Å². The van der Waals surface area contributed by atoms with Crippen LogP contribution in [0.15, 0.2) is 83.8 Å². The summed E-state index contributed by atoms with van der Waals surface area (Å²) >= 11 is 5.86. The molecule has 0 saturated heterocycles. The molecule has 3 aromatic rings. The topological polar surface area (TPSA) is 46.2 Å². The van der Waals surface area contributed by atoms with Crippen LogP contribution in [0.4, 0.5) is 0 Å². The summed E-state index contributed by atoms with van der Waals surface area (Å²) in [7, 11) is -3.70. The monoisotopic (exact) mass is 371 g/mol. The van der Waals surface area contributed by atoms with Crippen LogP contribution >= 0.6 is 11.6 Å². The molecular formula is C20H18ClNO2S. The van der Waals surface area contributed by atoms with Gasteiger partial charge in [-0.15, -0.1) is 0 Å². The maximum Gasteiger partial charge on any atom is 0.241 e. The van der Waals surface area contributed by atoms with Crippen molar-refractivity contribution >= 4 is 21.6 Å². The molecule has 25 heavy (non-hydrogen) atoms. The van der Waals surface area contributed by atoms with Crippen LogP contribution in [0.3, 0.4) is 0 Å². The maximum absolute atomic E-state index is 12.9. The van der Waals surface area contributed by atoms with Crippen molar-refractivity contribution in [2.75, 3.05) is 0 Å². The molecule has 0 amide bonds. The van der Waals surface area contributed by atoms with Crippen molar-refractivity contribution in [2.24, 2.45) is 0 Å². The first-order chi connectivity index (χ1) is 12.0. The van der Waals surface area contributed by atoms with Crippen LogP contribution in [0.5, 0.6) is 0 Å². The molecule has 0 fully saturated rings. The molecule has 0 unspecified atom stereocenters. The second-order valence-electron chi connectivity index (χ2n) is 5.78. The largest absolute Gasteiger partial charge is 0.241 e. The average Bonchev–Trinajstić information content (AvgIpc) is 2.61. The first-order valence-electron chi connectivity index (χ1n) is 7.86. The van der Waals surface area contributed by atoms with Crippen molar-refractivity contribution in [3.05, 3.63) is 101 Å². The highest BCUT2D eigenvalue weighted by molar-refractivity contribution is 7.89. The third-order valence-corrected chi connectivity index (χ3v) is 5.72. The Morgan fingerprint density at radius 1 is 0.840 bits per heavy atom. The van der Waals surface area contributed by atoms with Crippen LogP contribution in [-0.2, 0) is 10.0 Å². The van der Waals surface area contributed by atoms with Crippen molar-refractivity contribution in [3.8, 4) is 0 Å². The zero-order valence-electron chi connectivity index (χ0n) is 13.7. The van der Waals surface area contributed by atoms with Gasteiger partial charge in [0.05, 0.1) is 10.9 Å². The van der Waals surface area contributed by atoms with Crippen LogP contribution in [0, 0.1) is 6.92 Å². The second-order valence-corrected chi connectivity index (χ2v) is 7.93. The minimum absolute atomic E-state index is 0.186. The van der Waals surface area contributed by atoms with Gasteiger partial charge in [-0.05, 0) is 47.9 Å². The number of hydrogen-bond donors (Lipinski definition) is 1. The lowest BCUT2D eigenvalue weighted by Gasteiger charge is -2.21. The van der Waals surface area contributed by atoms with Crippen molar-refractivity contribution < 1.29 is 8.42 Å². The molecule has 0 saturated carbocycles. The van der Waals surface area contributed by atoms with Crippen LogP contribution < -0.4 is 4.72 Å². The molecule has 1 N–H and O–H groups in total. The summed E-state index contributed by atoms with van der Waals surface area (Å²) in [6.07, 6.45) is 0. The fourth-order valence-electron chi connectivity index (χ4n) is 2.70. The van der Waals surface area contributed by atoms with E-state index in [2.05, 4.69) is 4.72 Å². The quantitative estimate of drug-likeness (QED) is 0.705. The van der Waals surface area contributed by atoms with E-state index < -0.39 is 16.1 Å². The highest BCUT2D eigenvalue weighted by Gasteiger charge is 2.23. The van der Waals surface area contributed by atoms with E-state index in [4.69, 9.17) is 11.6 Å². The number of sulfonamides is 1. The van der Waals surface area contributed by atoms with E-state index in [1.54, 1.807) is 12.1 Å². The van der Waals surface area contributed by atoms with Gasteiger partial charge < -0.3 is 0 Å². The molecule has 0 spiro atoms. The summed E-state index contributed by atoms with van der Waals surface area (Å²) in [5.74, 6) is 0. The van der Waals surface area contributed by atoms with Gasteiger partial charge in [-0.1, -0.05) is 66.2 Å². The summed E-state index contributed by atoms with van der Waals surface area (Å²) in [6, 6.07) is 23.0. The Kier molecular flexibility index (Phi) is 5.23. The van der Waals surface area contributed by atoms with Crippen LogP contribution in [-0.4, -0.2) is 8.42 Å². The summed E-state index contributed by atoms with van der Waals surface area (Å²) in [6.45, 7) is 1.97. The maximum atomic E-state index is 12.9. The van der Waals surface area contributed by atoms with E-state index >= 15 is 0 Å². The Morgan fingerprint density at radius 3 is 2.08 bits per heavy atom. The molecule has 0 aliphatic rings. The zero-order chi connectivity index (χ0) is 17.9. The van der Waals surface area contributed by atoms with E-state index in [1.165, 1.54) is 12.1 Å². The van der Waals surface area contributed by atoms with E-state index in [0.29, 0.717) is 5.02 Å². The lowest BCUT2D eigenvalue weighted by Crippen LogP contribution is -2.30. The molecule has 3 nitrogen and oxygen atoms in total. The Morgan fingerprint density at radius 2 is 1.44 bits per heavy atom. The number of hydrogen-bond acceptors (Lipinski definition) is 2. The van der Waals surface area contributed by atoms with Gasteiger partial charge in [-0.2, -0.15) is 4.72 Å². The second kappa shape index (κ2) is 7.40. The van der Waals surface area contributed by atoms with Crippen molar-refractivity contribution in [1.82, 2.24) is 4.72 Å². The zero-order valence-corrected chi connectivity index (χ0v) is 15.3. The van der Waals surface area contributed by atoms with Gasteiger partial charge in [0.15, 0.2) is 0 Å². The van der Waals surface area contributed by atoms with E-state index in [0.717, 1.165) is 16.7 Å². The molecular weight excluding hydrogens is 354 g/mol. The fourth-order valence-corrected chi connectivity index (χ4v) is 4.03. The van der Waals surface area contributed by atoms with Crippen molar-refractivity contribution in [1.29, 1.82) is 0 Å². The molecule has 0 bridgehead atoms. The Hall–Kier alpha value is -2.14. The third-order valence-electron chi connectivity index (χ3n) is 4.03. The fraction of sp³-hybridized carbons (Fsp3) is 0.100. The molecule has 128 valence electrons. The number of nitrogens with one attached hydrogen (secondary N) is 1. The van der Waals surface area contributed by atoms with Crippen LogP contribution in [0.1, 0.15) is 22.7 Å². The highest BCUT2D eigenvalue weighted by Crippen LogP contribution is 2.27. The lowest BCUT2D eigenvalue weighted by molar-refractivity contribution is 0.572. The molecule has 1 atom stereocenters. The number of benzene rings is 3. The van der Waals surface area contributed by atoms with Gasteiger partial charge in [0.1, 0.15) is 0 Å². The minimum Gasteiger partial charge on any atom is -0.207 e. The molecule has 0 aliphatic heterocycles. The lowest BCUT2D eigenvalue weighted by atomic mass is 9.96. The number of aryl methyl sites for hydroxylation is 1. The smallest absolute Gasteiger partial charge is 0.207 e. The van der Waals surface area contributed by atoms with Crippen molar-refractivity contribution in [2.45, 2.75) is 17.9 Å². The van der Waals surface area contributed by atoms with Gasteiger partial charge >= 0.3 is 0 Å². The third kappa shape index (κ3) is 4.10. The Balaban J connectivity index is 2.04.